The molecule has 57 heavy (non-hydrogen) atoms. The van der Waals surface area contributed by atoms with Crippen LogP contribution in [0.3, 0.4) is 0 Å². The second-order valence-corrected chi connectivity index (χ2v) is 15.1. The van der Waals surface area contributed by atoms with Gasteiger partial charge in [-0.3, -0.25) is 44.8 Å². The van der Waals surface area contributed by atoms with Crippen molar-refractivity contribution in [3.63, 3.8) is 0 Å². The minimum atomic E-state index is -1.69. The molecule has 8 rings (SSSR count). The standard InChI is InChI=1S/C41H35FN6O9/c1-21-9-12-24(13-10-21)43-46-38(51)29-20-28-26(35(22-11-16-33(49)30(42)17-22)41(29,40(46)53)23-7-5-4-6-8-23)14-15-27-34(28)39(52)45(37(27)50)25-18-31(47(54)55)36(44(2)3)32(19-25)48(56)57/h4-14,16-19,27-29,34-35,43,49H,15,20H2,1-3H3/t27-,28+,29-,34-,35-,41+/m0/s1. The molecule has 2 heterocycles. The van der Waals surface area contributed by atoms with E-state index in [1.807, 2.05) is 6.92 Å². The summed E-state index contributed by atoms with van der Waals surface area (Å²) < 4.78 is 15.4. The van der Waals surface area contributed by atoms with Crippen molar-refractivity contribution in [2.24, 2.45) is 23.7 Å². The predicted octanol–water partition coefficient (Wildman–Crippen LogP) is 5.91. The number of phenols is 1. The van der Waals surface area contributed by atoms with Crippen molar-refractivity contribution >= 4 is 52.1 Å². The molecule has 0 spiro atoms. The lowest BCUT2D eigenvalue weighted by atomic mass is 9.49. The fraction of sp³-hybridized carbons (Fsp3) is 0.268. The van der Waals surface area contributed by atoms with Gasteiger partial charge >= 0.3 is 11.4 Å². The number of anilines is 3. The van der Waals surface area contributed by atoms with Crippen LogP contribution < -0.4 is 15.2 Å². The van der Waals surface area contributed by atoms with Gasteiger partial charge in [-0.15, -0.1) is 0 Å². The zero-order valence-corrected chi connectivity index (χ0v) is 30.8. The Balaban J connectivity index is 1.30. The Morgan fingerprint density at radius 2 is 1.51 bits per heavy atom. The van der Waals surface area contributed by atoms with Gasteiger partial charge in [-0.05, 0) is 61.1 Å². The van der Waals surface area contributed by atoms with Gasteiger partial charge in [0, 0.05) is 32.1 Å². The number of hydrazine groups is 1. The number of carbonyl (C=O) groups excluding carboxylic acids is 4. The summed E-state index contributed by atoms with van der Waals surface area (Å²) in [4.78, 5) is 83.7. The summed E-state index contributed by atoms with van der Waals surface area (Å²) in [5.74, 6) is -9.66. The van der Waals surface area contributed by atoms with Crippen LogP contribution in [0.2, 0.25) is 0 Å². The van der Waals surface area contributed by atoms with Crippen molar-refractivity contribution in [3.8, 4) is 5.75 Å². The number of fused-ring (bicyclic) bond motifs is 4. The minimum absolute atomic E-state index is 0.0301. The fourth-order valence-electron chi connectivity index (χ4n) is 9.53. The van der Waals surface area contributed by atoms with E-state index in [1.54, 1.807) is 60.7 Å². The smallest absolute Gasteiger partial charge is 0.301 e. The quantitative estimate of drug-likeness (QED) is 0.0934. The molecular formula is C41H35FN6O9. The number of halogens is 1. The molecule has 2 saturated heterocycles. The number of nitrogens with zero attached hydrogens (tertiary/aromatic N) is 5. The number of aryl methyl sites for hydroxylation is 1. The maximum atomic E-state index is 15.4. The number of nitro groups is 2. The van der Waals surface area contributed by atoms with E-state index < -0.39 is 91.4 Å². The number of amides is 4. The molecule has 16 heteroatoms. The van der Waals surface area contributed by atoms with Crippen molar-refractivity contribution in [1.29, 1.82) is 0 Å². The number of nitrogens with one attached hydrogen (secondary N) is 1. The summed E-state index contributed by atoms with van der Waals surface area (Å²) in [5, 5.41) is 35.6. The van der Waals surface area contributed by atoms with Crippen LogP contribution in [-0.4, -0.2) is 57.7 Å². The minimum Gasteiger partial charge on any atom is -0.505 e. The Kier molecular flexibility index (Phi) is 8.66. The molecule has 3 fully saturated rings. The van der Waals surface area contributed by atoms with Gasteiger partial charge in [0.05, 0.1) is 44.4 Å². The third kappa shape index (κ3) is 5.45. The van der Waals surface area contributed by atoms with E-state index in [9.17, 15) is 39.7 Å². The molecule has 0 radical (unpaired) electrons. The summed E-state index contributed by atoms with van der Waals surface area (Å²) in [6.07, 6.45) is 1.62. The molecule has 15 nitrogen and oxygen atoms in total. The lowest BCUT2D eigenvalue weighted by Crippen LogP contribution is -2.53. The van der Waals surface area contributed by atoms with Crippen LogP contribution in [0.1, 0.15) is 35.4 Å². The first-order valence-corrected chi connectivity index (χ1v) is 18.1. The summed E-state index contributed by atoms with van der Waals surface area (Å²) in [5.41, 5.74) is 1.84. The van der Waals surface area contributed by atoms with Gasteiger partial charge in [0.25, 0.3) is 11.8 Å². The molecule has 2 N–H and O–H groups in total. The highest BCUT2D eigenvalue weighted by atomic mass is 19.1. The molecule has 4 aliphatic rings. The average Bonchev–Trinajstić information content (AvgIpc) is 3.57. The number of nitro benzene ring substituents is 2. The SMILES string of the molecule is Cc1ccc(NN2C(=O)[C@@H]3C[C@@H]4C(=CC[C@@H]5C(=O)N(c6cc([N+](=O)[O-])c(N(C)C)c([N+](=O)[O-])c6)C(=O)[C@@H]54)[C@H](c4ccc(O)c(F)c4)[C@]3(c3ccccc3)C2=O)cc1. The molecule has 2 aliphatic carbocycles. The van der Waals surface area contributed by atoms with Crippen molar-refractivity contribution in [3.05, 3.63) is 139 Å². The Hall–Kier alpha value is -6.97. The highest BCUT2D eigenvalue weighted by molar-refractivity contribution is 6.23. The molecule has 4 aromatic carbocycles. The first-order valence-electron chi connectivity index (χ1n) is 18.1. The number of allylic oxidation sites excluding steroid dienone is 2. The Morgan fingerprint density at radius 1 is 0.860 bits per heavy atom. The number of hydrogen-bond acceptors (Lipinski definition) is 11. The number of carbonyl (C=O) groups is 4. The maximum Gasteiger partial charge on any atom is 0.301 e. The molecular weight excluding hydrogens is 739 g/mol. The Morgan fingerprint density at radius 3 is 2.11 bits per heavy atom. The number of benzene rings is 4. The van der Waals surface area contributed by atoms with Crippen molar-refractivity contribution in [2.75, 3.05) is 29.3 Å². The predicted molar refractivity (Wildman–Crippen MR) is 203 cm³/mol. The maximum absolute atomic E-state index is 15.4. The van der Waals surface area contributed by atoms with Crippen LogP contribution in [-0.2, 0) is 24.6 Å². The molecule has 6 atom stereocenters. The third-order valence-electron chi connectivity index (χ3n) is 11.9. The van der Waals surface area contributed by atoms with Gasteiger partial charge in [-0.25, -0.2) is 9.29 Å². The molecule has 4 amide bonds. The van der Waals surface area contributed by atoms with E-state index in [2.05, 4.69) is 5.43 Å². The molecule has 2 aliphatic heterocycles. The van der Waals surface area contributed by atoms with E-state index in [-0.39, 0.29) is 29.8 Å². The van der Waals surface area contributed by atoms with E-state index in [1.165, 1.54) is 25.1 Å². The molecule has 4 aromatic rings. The van der Waals surface area contributed by atoms with Gasteiger partial charge in [0.1, 0.15) is 0 Å². The van der Waals surface area contributed by atoms with Gasteiger partial charge in [0.2, 0.25) is 11.8 Å². The third-order valence-corrected chi connectivity index (χ3v) is 11.9. The molecule has 290 valence electrons. The van der Waals surface area contributed by atoms with Crippen molar-refractivity contribution in [1.82, 2.24) is 5.01 Å². The zero-order chi connectivity index (χ0) is 40.7. The number of aromatic hydroxyl groups is 1. The molecule has 0 aromatic heterocycles. The highest BCUT2D eigenvalue weighted by Gasteiger charge is 2.70. The number of imide groups is 2. The van der Waals surface area contributed by atoms with E-state index in [0.717, 1.165) is 39.7 Å². The van der Waals surface area contributed by atoms with Crippen LogP contribution in [0, 0.1) is 56.6 Å². The zero-order valence-electron chi connectivity index (χ0n) is 30.8. The van der Waals surface area contributed by atoms with Crippen LogP contribution >= 0.6 is 0 Å². The topological polar surface area (TPSA) is 197 Å². The largest absolute Gasteiger partial charge is 0.505 e. The van der Waals surface area contributed by atoms with Gasteiger partial charge in [-0.1, -0.05) is 65.7 Å². The highest BCUT2D eigenvalue weighted by Crippen LogP contribution is 2.64. The summed E-state index contributed by atoms with van der Waals surface area (Å²) in [6, 6.07) is 21.3. The molecule has 0 unspecified atom stereocenters. The van der Waals surface area contributed by atoms with Crippen LogP contribution in [0.15, 0.2) is 96.6 Å². The van der Waals surface area contributed by atoms with Gasteiger partial charge in [-0.2, -0.15) is 5.01 Å². The van der Waals surface area contributed by atoms with Crippen LogP contribution in [0.25, 0.3) is 0 Å². The first kappa shape index (κ1) is 37.0. The molecule has 1 saturated carbocycles. The summed E-state index contributed by atoms with van der Waals surface area (Å²) in [6.45, 7) is 1.89. The summed E-state index contributed by atoms with van der Waals surface area (Å²) >= 11 is 0. The lowest BCUT2D eigenvalue weighted by Gasteiger charge is -2.50. The van der Waals surface area contributed by atoms with E-state index in [4.69, 9.17) is 0 Å². The number of phenolic OH excluding ortho intramolecular Hbond substituents is 1. The van der Waals surface area contributed by atoms with E-state index >= 15 is 9.18 Å². The van der Waals surface area contributed by atoms with Crippen LogP contribution in [0.4, 0.5) is 32.8 Å². The van der Waals surface area contributed by atoms with Crippen molar-refractivity contribution < 1.29 is 38.5 Å². The normalized spacial score (nSPS) is 25.1. The van der Waals surface area contributed by atoms with Gasteiger partial charge < -0.3 is 10.0 Å². The second-order valence-electron chi connectivity index (χ2n) is 15.1. The Labute approximate surface area is 324 Å². The number of hydrogen-bond donors (Lipinski definition) is 2. The average molecular weight is 775 g/mol. The lowest BCUT2D eigenvalue weighted by molar-refractivity contribution is -0.392. The number of rotatable bonds is 8. The fourth-order valence-corrected chi connectivity index (χ4v) is 9.53. The monoisotopic (exact) mass is 774 g/mol. The van der Waals surface area contributed by atoms with E-state index in [0.29, 0.717) is 16.8 Å². The second kappa shape index (κ2) is 13.4. The Bertz CT molecular complexity index is 2420. The first-order chi connectivity index (χ1) is 27.2. The van der Waals surface area contributed by atoms with Gasteiger partial charge in [0.15, 0.2) is 17.3 Å². The van der Waals surface area contributed by atoms with Crippen LogP contribution in [0.5, 0.6) is 5.75 Å². The molecule has 0 bridgehead atoms. The summed E-state index contributed by atoms with van der Waals surface area (Å²) in [7, 11) is 2.79. The van der Waals surface area contributed by atoms with Crippen molar-refractivity contribution in [2.45, 2.75) is 31.1 Å².